The van der Waals surface area contributed by atoms with Crippen LogP contribution in [0.25, 0.3) is 10.8 Å². The van der Waals surface area contributed by atoms with Crippen molar-refractivity contribution in [1.82, 2.24) is 0 Å². The van der Waals surface area contributed by atoms with Crippen molar-refractivity contribution in [3.8, 4) is 0 Å². The number of carboxylic acid groups (broad SMARTS) is 1. The first-order valence-electron chi connectivity index (χ1n) is 4.10. The van der Waals surface area contributed by atoms with Crippen LogP contribution in [0, 0.1) is 3.57 Å². The molecule has 73 valence electrons. The van der Waals surface area contributed by atoms with E-state index in [2.05, 4.69) is 22.6 Å². The summed E-state index contributed by atoms with van der Waals surface area (Å²) in [5.41, 5.74) is 0.368. The minimum absolute atomic E-state index is 0. The fourth-order valence-electron chi connectivity index (χ4n) is 1.47. The Bertz CT molecular complexity index is 506. The van der Waals surface area contributed by atoms with Crippen LogP contribution in [0.15, 0.2) is 36.4 Å². The molecule has 1 N–H and O–H groups in total. The van der Waals surface area contributed by atoms with Gasteiger partial charge in [0.15, 0.2) is 0 Å². The van der Waals surface area contributed by atoms with Gasteiger partial charge in [-0.1, -0.05) is 24.3 Å². The number of hydrogen-bond donors (Lipinski definition) is 1. The number of benzene rings is 2. The van der Waals surface area contributed by atoms with E-state index >= 15 is 0 Å². The van der Waals surface area contributed by atoms with Crippen molar-refractivity contribution < 1.29 is 9.90 Å². The normalized spacial score (nSPS) is 9.67. The number of carbonyl (C=O) groups is 1. The Morgan fingerprint density at radius 2 is 1.73 bits per heavy atom. The molecule has 0 bridgehead atoms. The first kappa shape index (κ1) is 12.9. The number of carboxylic acids is 1. The van der Waals surface area contributed by atoms with Crippen LogP contribution in [-0.4, -0.2) is 38.4 Å². The van der Waals surface area contributed by atoms with Gasteiger partial charge in [-0.2, -0.15) is 0 Å². The van der Waals surface area contributed by atoms with Crippen LogP contribution in [0.1, 0.15) is 10.4 Å². The first-order valence-corrected chi connectivity index (χ1v) is 5.18. The maximum atomic E-state index is 11.0. The van der Waals surface area contributed by atoms with Gasteiger partial charge >= 0.3 is 5.97 Å². The molecule has 0 aromatic heterocycles. The average Bonchev–Trinajstić information content (AvgIpc) is 2.17. The van der Waals surface area contributed by atoms with E-state index in [-0.39, 0.29) is 27.3 Å². The SMILES string of the molecule is O=C(O)c1cccc2cccc(I)c12.[Tl]. The van der Waals surface area contributed by atoms with Gasteiger partial charge < -0.3 is 5.11 Å². The fourth-order valence-corrected chi connectivity index (χ4v) is 2.28. The third-order valence-electron chi connectivity index (χ3n) is 2.08. The molecule has 2 nitrogen and oxygen atoms in total. The van der Waals surface area contributed by atoms with Crippen LogP contribution in [0.5, 0.6) is 0 Å². The molecule has 0 atom stereocenters. The maximum absolute atomic E-state index is 11.0. The molecule has 0 saturated carbocycles. The van der Waals surface area contributed by atoms with Gasteiger partial charge in [-0.15, -0.1) is 0 Å². The van der Waals surface area contributed by atoms with Crippen molar-refractivity contribution in [2.45, 2.75) is 0 Å². The molecule has 0 aliphatic rings. The third-order valence-corrected chi connectivity index (χ3v) is 2.98. The van der Waals surface area contributed by atoms with Gasteiger partial charge in [0.2, 0.25) is 0 Å². The van der Waals surface area contributed by atoms with E-state index in [0.29, 0.717) is 5.56 Å². The predicted octanol–water partition coefficient (Wildman–Crippen LogP) is 2.76. The second kappa shape index (κ2) is 5.24. The Balaban J connectivity index is 0.00000112. The predicted molar refractivity (Wildman–Crippen MR) is 69.4 cm³/mol. The van der Waals surface area contributed by atoms with Gasteiger partial charge in [-0.05, 0) is 40.1 Å². The standard InChI is InChI=1S/C11H7IO2.Tl/c12-9-6-2-4-7-3-1-5-8(10(7)9)11(13)14;/h1-6H,(H,13,14);. The van der Waals surface area contributed by atoms with Gasteiger partial charge in [-0.3, -0.25) is 0 Å². The molecule has 4 heteroatoms. The molecule has 2 aromatic rings. The third kappa shape index (κ3) is 2.50. The molecule has 2 aromatic carbocycles. The number of halogens is 1. The van der Waals surface area contributed by atoms with Crippen molar-refractivity contribution in [1.29, 1.82) is 0 Å². The molecular formula is C11H7IO2Tl. The van der Waals surface area contributed by atoms with Gasteiger partial charge in [0.25, 0.3) is 0 Å². The summed E-state index contributed by atoms with van der Waals surface area (Å²) < 4.78 is 0.970. The van der Waals surface area contributed by atoms with Crippen molar-refractivity contribution in [3.05, 3.63) is 45.5 Å². The number of hydrogen-bond acceptors (Lipinski definition) is 1. The number of rotatable bonds is 1. The summed E-state index contributed by atoms with van der Waals surface area (Å²) in [4.78, 5) is 11.0. The van der Waals surface area contributed by atoms with Crippen LogP contribution in [-0.2, 0) is 0 Å². The molecule has 0 unspecified atom stereocenters. The molecule has 0 saturated heterocycles. The van der Waals surface area contributed by atoms with E-state index in [1.807, 2.05) is 24.3 Å². The zero-order valence-electron chi connectivity index (χ0n) is 7.77. The summed E-state index contributed by atoms with van der Waals surface area (Å²) in [5.74, 6) is -0.875. The van der Waals surface area contributed by atoms with Crippen molar-refractivity contribution in [2.75, 3.05) is 0 Å². The van der Waals surface area contributed by atoms with Crippen molar-refractivity contribution in [3.63, 3.8) is 0 Å². The molecule has 0 fully saturated rings. The van der Waals surface area contributed by atoms with Crippen LogP contribution < -0.4 is 0 Å². The van der Waals surface area contributed by atoms with Crippen LogP contribution in [0.2, 0.25) is 0 Å². The molecule has 1 radical (unpaired) electrons. The summed E-state index contributed by atoms with van der Waals surface area (Å²) in [6, 6.07) is 11.1. The van der Waals surface area contributed by atoms with Crippen LogP contribution in [0.3, 0.4) is 0 Å². The van der Waals surface area contributed by atoms with Gasteiger partial charge in [-0.25, -0.2) is 4.79 Å². The molecule has 0 spiro atoms. The summed E-state index contributed by atoms with van der Waals surface area (Å²) in [7, 11) is 0. The van der Waals surface area contributed by atoms with Crippen molar-refractivity contribution in [2.24, 2.45) is 0 Å². The quantitative estimate of drug-likeness (QED) is 0.481. The average molecular weight is 502 g/mol. The molecule has 0 amide bonds. The van der Waals surface area contributed by atoms with Crippen LogP contribution >= 0.6 is 22.6 Å². The fraction of sp³-hybridized carbons (Fsp3) is 0. The summed E-state index contributed by atoms with van der Waals surface area (Å²) in [6.45, 7) is 0. The van der Waals surface area contributed by atoms with E-state index < -0.39 is 5.97 Å². The Morgan fingerprint density at radius 1 is 1.13 bits per heavy atom. The zero-order valence-corrected chi connectivity index (χ0v) is 14.4. The van der Waals surface area contributed by atoms with Gasteiger partial charge in [0, 0.05) is 36.3 Å². The Morgan fingerprint density at radius 3 is 2.33 bits per heavy atom. The first-order chi connectivity index (χ1) is 6.70. The number of fused-ring (bicyclic) bond motifs is 1. The second-order valence-corrected chi connectivity index (χ2v) is 4.11. The smallest absolute Gasteiger partial charge is 0.336 e. The number of aromatic carboxylic acids is 1. The van der Waals surface area contributed by atoms with Crippen LogP contribution in [0.4, 0.5) is 0 Å². The largest absolute Gasteiger partial charge is 0.478 e. The van der Waals surface area contributed by atoms with E-state index in [1.165, 1.54) is 0 Å². The summed E-state index contributed by atoms with van der Waals surface area (Å²) in [5, 5.41) is 10.8. The monoisotopic (exact) mass is 503 g/mol. The topological polar surface area (TPSA) is 37.3 Å². The van der Waals surface area contributed by atoms with Gasteiger partial charge in [0.05, 0.1) is 5.56 Å². The van der Waals surface area contributed by atoms with Crippen molar-refractivity contribution >= 4 is 66.6 Å². The summed E-state index contributed by atoms with van der Waals surface area (Å²) in [6.07, 6.45) is 0. The van der Waals surface area contributed by atoms with E-state index in [0.717, 1.165) is 14.3 Å². The molecular weight excluding hydrogens is 495 g/mol. The second-order valence-electron chi connectivity index (χ2n) is 2.95. The summed E-state index contributed by atoms with van der Waals surface area (Å²) >= 11 is 2.15. The minimum atomic E-state index is -0.875. The molecule has 0 heterocycles. The molecule has 0 aliphatic carbocycles. The Labute approximate surface area is 121 Å². The molecule has 15 heavy (non-hydrogen) atoms. The molecule has 0 aliphatic heterocycles. The Hall–Kier alpha value is -0.178. The van der Waals surface area contributed by atoms with E-state index in [4.69, 9.17) is 5.11 Å². The zero-order chi connectivity index (χ0) is 10.1. The maximum Gasteiger partial charge on any atom is 0.336 e. The minimum Gasteiger partial charge on any atom is -0.478 e. The molecule has 2 rings (SSSR count). The van der Waals surface area contributed by atoms with Gasteiger partial charge in [0.1, 0.15) is 0 Å². The Kier molecular flexibility index (Phi) is 4.50. The van der Waals surface area contributed by atoms with E-state index in [1.54, 1.807) is 12.1 Å². The van der Waals surface area contributed by atoms with E-state index in [9.17, 15) is 4.79 Å².